The summed E-state index contributed by atoms with van der Waals surface area (Å²) >= 11 is 0. The molecule has 0 aromatic heterocycles. The third kappa shape index (κ3) is 3.32. The van der Waals surface area contributed by atoms with Gasteiger partial charge in [0.15, 0.2) is 0 Å². The first-order chi connectivity index (χ1) is 6.77. The average molecular weight is 198 g/mol. The Morgan fingerprint density at radius 2 is 2.00 bits per heavy atom. The fourth-order valence-corrected chi connectivity index (χ4v) is 2.23. The second-order valence-corrected chi connectivity index (χ2v) is 4.23. The Morgan fingerprint density at radius 3 is 2.64 bits per heavy atom. The highest BCUT2D eigenvalue weighted by Gasteiger charge is 2.26. The first kappa shape index (κ1) is 11.5. The van der Waals surface area contributed by atoms with E-state index in [9.17, 15) is 4.79 Å². The highest BCUT2D eigenvalue weighted by Crippen LogP contribution is 2.29. The summed E-state index contributed by atoms with van der Waals surface area (Å²) in [5.41, 5.74) is 0. The Bertz CT molecular complexity index is 177. The number of hydrogen-bond acceptors (Lipinski definition) is 2. The lowest BCUT2D eigenvalue weighted by Crippen LogP contribution is -2.29. The Kier molecular flexibility index (Phi) is 4.99. The van der Waals surface area contributed by atoms with Gasteiger partial charge in [0.05, 0.1) is 0 Å². The summed E-state index contributed by atoms with van der Waals surface area (Å²) < 4.78 is 5.50. The minimum absolute atomic E-state index is 0.00199. The Labute approximate surface area is 87.0 Å². The van der Waals surface area contributed by atoms with E-state index < -0.39 is 0 Å². The minimum Gasteiger partial charge on any atom is -0.462 e. The third-order valence-corrected chi connectivity index (χ3v) is 3.10. The highest BCUT2D eigenvalue weighted by molar-refractivity contribution is 5.69. The van der Waals surface area contributed by atoms with E-state index in [1.54, 1.807) is 0 Å². The molecule has 0 saturated heterocycles. The average Bonchev–Trinajstić information content (AvgIpc) is 2.19. The topological polar surface area (TPSA) is 26.3 Å². The van der Waals surface area contributed by atoms with Crippen LogP contribution in [0.5, 0.6) is 0 Å². The first-order valence-corrected chi connectivity index (χ1v) is 5.97. The molecule has 2 heteroatoms. The molecule has 1 aliphatic carbocycles. The van der Waals surface area contributed by atoms with Gasteiger partial charge >= 0.3 is 5.97 Å². The van der Waals surface area contributed by atoms with Gasteiger partial charge < -0.3 is 4.74 Å². The lowest BCUT2D eigenvalue weighted by atomic mass is 9.85. The standard InChI is InChI=1S/C12H22O2/c1-3-7-12(13)14-11-9-6-5-8-10(11)4-2/h10-11H,3-9H2,1-2H3. The number of carbonyl (C=O) groups is 1. The Morgan fingerprint density at radius 1 is 1.29 bits per heavy atom. The van der Waals surface area contributed by atoms with Crippen molar-refractivity contribution in [3.63, 3.8) is 0 Å². The molecule has 1 saturated carbocycles. The van der Waals surface area contributed by atoms with Crippen LogP contribution >= 0.6 is 0 Å². The summed E-state index contributed by atoms with van der Waals surface area (Å²) in [6.45, 7) is 4.20. The van der Waals surface area contributed by atoms with Crippen molar-refractivity contribution in [3.05, 3.63) is 0 Å². The van der Waals surface area contributed by atoms with Gasteiger partial charge in [-0.05, 0) is 38.0 Å². The Hall–Kier alpha value is -0.530. The second-order valence-electron chi connectivity index (χ2n) is 4.23. The molecule has 2 unspecified atom stereocenters. The van der Waals surface area contributed by atoms with Crippen molar-refractivity contribution < 1.29 is 9.53 Å². The molecular weight excluding hydrogens is 176 g/mol. The van der Waals surface area contributed by atoms with E-state index in [1.165, 1.54) is 19.3 Å². The maximum absolute atomic E-state index is 11.4. The van der Waals surface area contributed by atoms with Gasteiger partial charge in [0, 0.05) is 6.42 Å². The second kappa shape index (κ2) is 6.05. The summed E-state index contributed by atoms with van der Waals surface area (Å²) in [5, 5.41) is 0. The predicted molar refractivity (Wildman–Crippen MR) is 57.0 cm³/mol. The van der Waals surface area contributed by atoms with E-state index in [1.807, 2.05) is 6.92 Å². The van der Waals surface area contributed by atoms with Crippen molar-refractivity contribution in [2.24, 2.45) is 5.92 Å². The zero-order valence-electron chi connectivity index (χ0n) is 9.42. The van der Waals surface area contributed by atoms with E-state index in [-0.39, 0.29) is 12.1 Å². The number of ether oxygens (including phenoxy) is 1. The van der Waals surface area contributed by atoms with Crippen LogP contribution in [-0.4, -0.2) is 12.1 Å². The van der Waals surface area contributed by atoms with Gasteiger partial charge in [-0.1, -0.05) is 20.3 Å². The number of carbonyl (C=O) groups excluding carboxylic acids is 1. The molecule has 0 radical (unpaired) electrons. The zero-order chi connectivity index (χ0) is 10.4. The summed E-state index contributed by atoms with van der Waals surface area (Å²) in [6, 6.07) is 0. The minimum atomic E-state index is -0.00199. The molecule has 1 aliphatic rings. The fraction of sp³-hybridized carbons (Fsp3) is 0.917. The van der Waals surface area contributed by atoms with Crippen LogP contribution in [0.1, 0.15) is 58.8 Å². The molecule has 82 valence electrons. The van der Waals surface area contributed by atoms with Gasteiger partial charge in [-0.2, -0.15) is 0 Å². The smallest absolute Gasteiger partial charge is 0.306 e. The van der Waals surface area contributed by atoms with E-state index in [2.05, 4.69) is 6.92 Å². The summed E-state index contributed by atoms with van der Waals surface area (Å²) in [5.74, 6) is 0.613. The van der Waals surface area contributed by atoms with Crippen molar-refractivity contribution in [3.8, 4) is 0 Å². The van der Waals surface area contributed by atoms with Crippen LogP contribution in [0, 0.1) is 5.92 Å². The molecule has 1 rings (SSSR count). The summed E-state index contributed by atoms with van der Waals surface area (Å²) in [6.07, 6.45) is 7.67. The first-order valence-electron chi connectivity index (χ1n) is 5.97. The van der Waals surface area contributed by atoms with Gasteiger partial charge in [-0.3, -0.25) is 4.79 Å². The number of rotatable bonds is 4. The van der Waals surface area contributed by atoms with Crippen molar-refractivity contribution in [1.29, 1.82) is 0 Å². The molecule has 0 aliphatic heterocycles. The molecular formula is C12H22O2. The number of hydrogen-bond donors (Lipinski definition) is 0. The number of esters is 1. The fourth-order valence-electron chi connectivity index (χ4n) is 2.23. The zero-order valence-corrected chi connectivity index (χ0v) is 9.42. The summed E-state index contributed by atoms with van der Waals surface area (Å²) in [7, 11) is 0. The summed E-state index contributed by atoms with van der Waals surface area (Å²) in [4.78, 5) is 11.4. The lowest BCUT2D eigenvalue weighted by Gasteiger charge is -2.30. The lowest BCUT2D eigenvalue weighted by molar-refractivity contribution is -0.153. The van der Waals surface area contributed by atoms with Crippen LogP contribution in [0.2, 0.25) is 0 Å². The van der Waals surface area contributed by atoms with Gasteiger partial charge in [0.1, 0.15) is 6.10 Å². The largest absolute Gasteiger partial charge is 0.462 e. The van der Waals surface area contributed by atoms with E-state index >= 15 is 0 Å². The third-order valence-electron chi connectivity index (χ3n) is 3.10. The molecule has 14 heavy (non-hydrogen) atoms. The van der Waals surface area contributed by atoms with Crippen LogP contribution in [0.3, 0.4) is 0 Å². The molecule has 2 nitrogen and oxygen atoms in total. The van der Waals surface area contributed by atoms with Crippen LogP contribution in [0.15, 0.2) is 0 Å². The van der Waals surface area contributed by atoms with Crippen LogP contribution in [0.25, 0.3) is 0 Å². The SMILES string of the molecule is CCCC(=O)OC1CCCCC1CC. The molecule has 1 fully saturated rings. The van der Waals surface area contributed by atoms with Gasteiger partial charge in [-0.25, -0.2) is 0 Å². The van der Waals surface area contributed by atoms with Crippen molar-refractivity contribution in [2.45, 2.75) is 64.9 Å². The maximum atomic E-state index is 11.4. The molecule has 0 amide bonds. The molecule has 0 bridgehead atoms. The van der Waals surface area contributed by atoms with Crippen molar-refractivity contribution >= 4 is 5.97 Å². The van der Waals surface area contributed by atoms with E-state index in [4.69, 9.17) is 4.74 Å². The van der Waals surface area contributed by atoms with Gasteiger partial charge in [-0.15, -0.1) is 0 Å². The van der Waals surface area contributed by atoms with Gasteiger partial charge in [0.2, 0.25) is 0 Å². The molecule has 0 spiro atoms. The maximum Gasteiger partial charge on any atom is 0.306 e. The van der Waals surface area contributed by atoms with Crippen LogP contribution in [0.4, 0.5) is 0 Å². The molecule has 0 heterocycles. The van der Waals surface area contributed by atoms with Crippen LogP contribution < -0.4 is 0 Å². The van der Waals surface area contributed by atoms with Crippen molar-refractivity contribution in [1.82, 2.24) is 0 Å². The normalized spacial score (nSPS) is 27.3. The molecule has 0 aromatic rings. The molecule has 0 aromatic carbocycles. The quantitative estimate of drug-likeness (QED) is 0.648. The van der Waals surface area contributed by atoms with Gasteiger partial charge in [0.25, 0.3) is 0 Å². The highest BCUT2D eigenvalue weighted by atomic mass is 16.5. The Balaban J connectivity index is 2.36. The monoisotopic (exact) mass is 198 g/mol. The van der Waals surface area contributed by atoms with Crippen molar-refractivity contribution in [2.75, 3.05) is 0 Å². The molecule has 0 N–H and O–H groups in total. The van der Waals surface area contributed by atoms with E-state index in [0.717, 1.165) is 19.3 Å². The van der Waals surface area contributed by atoms with E-state index in [0.29, 0.717) is 12.3 Å². The molecule has 2 atom stereocenters. The van der Waals surface area contributed by atoms with Crippen LogP contribution in [-0.2, 0) is 9.53 Å². The predicted octanol–water partition coefficient (Wildman–Crippen LogP) is 3.30.